The predicted octanol–water partition coefficient (Wildman–Crippen LogP) is 0.967. The molecule has 0 N–H and O–H groups in total. The number of benzene rings is 1. The standard InChI is InChI=1S/C8H10BFO/c1-11-8-4-2-3-7(10)6(8)5-9/h2-4H,5,9H2,1H3. The Bertz CT molecular complexity index is 250. The van der Waals surface area contributed by atoms with Crippen LogP contribution in [0.25, 0.3) is 0 Å². The third-order valence-electron chi connectivity index (χ3n) is 1.65. The van der Waals surface area contributed by atoms with Crippen molar-refractivity contribution in [3.05, 3.63) is 29.6 Å². The van der Waals surface area contributed by atoms with E-state index in [-0.39, 0.29) is 5.82 Å². The van der Waals surface area contributed by atoms with E-state index in [4.69, 9.17) is 4.74 Å². The van der Waals surface area contributed by atoms with Gasteiger partial charge in [-0.1, -0.05) is 12.4 Å². The van der Waals surface area contributed by atoms with E-state index in [0.717, 1.165) is 0 Å². The first-order valence-electron chi connectivity index (χ1n) is 3.61. The number of hydrogen-bond acceptors (Lipinski definition) is 1. The summed E-state index contributed by atoms with van der Waals surface area (Å²) in [6.07, 6.45) is 0.663. The molecule has 1 aromatic rings. The SMILES string of the molecule is BCc1c(F)cccc1OC. The van der Waals surface area contributed by atoms with E-state index in [2.05, 4.69) is 0 Å². The van der Waals surface area contributed by atoms with Crippen LogP contribution in [-0.4, -0.2) is 15.0 Å². The van der Waals surface area contributed by atoms with Gasteiger partial charge in [-0.15, -0.1) is 0 Å². The Hall–Kier alpha value is -0.985. The zero-order valence-electron chi connectivity index (χ0n) is 6.73. The summed E-state index contributed by atoms with van der Waals surface area (Å²) < 4.78 is 17.9. The van der Waals surface area contributed by atoms with Crippen LogP contribution >= 0.6 is 0 Å². The van der Waals surface area contributed by atoms with Gasteiger partial charge in [0.2, 0.25) is 0 Å². The molecule has 0 fully saturated rings. The van der Waals surface area contributed by atoms with Gasteiger partial charge in [-0.3, -0.25) is 0 Å². The summed E-state index contributed by atoms with van der Waals surface area (Å²) in [6.45, 7) is 0. The molecule has 0 aliphatic heterocycles. The lowest BCUT2D eigenvalue weighted by Crippen LogP contribution is -1.95. The molecule has 11 heavy (non-hydrogen) atoms. The smallest absolute Gasteiger partial charge is 0.129 e. The Morgan fingerprint density at radius 3 is 2.73 bits per heavy atom. The summed E-state index contributed by atoms with van der Waals surface area (Å²) in [7, 11) is 3.45. The van der Waals surface area contributed by atoms with Gasteiger partial charge in [0.25, 0.3) is 0 Å². The van der Waals surface area contributed by atoms with Gasteiger partial charge in [-0.05, 0) is 12.1 Å². The van der Waals surface area contributed by atoms with Crippen molar-refractivity contribution in [2.45, 2.75) is 6.32 Å². The maximum atomic E-state index is 13.0. The van der Waals surface area contributed by atoms with Crippen LogP contribution in [0.4, 0.5) is 4.39 Å². The molecule has 0 spiro atoms. The molecule has 0 aromatic heterocycles. The molecule has 0 amide bonds. The summed E-state index contributed by atoms with van der Waals surface area (Å²) in [5.41, 5.74) is 0.648. The molecular formula is C8H10BFO. The van der Waals surface area contributed by atoms with E-state index in [9.17, 15) is 4.39 Å². The number of rotatable bonds is 2. The minimum absolute atomic E-state index is 0.188. The maximum absolute atomic E-state index is 13.0. The summed E-state index contributed by atoms with van der Waals surface area (Å²) in [5, 5.41) is 0. The molecule has 0 atom stereocenters. The Kier molecular flexibility index (Phi) is 2.52. The maximum Gasteiger partial charge on any atom is 0.129 e. The molecule has 1 aromatic carbocycles. The highest BCUT2D eigenvalue weighted by molar-refractivity contribution is 6.08. The fourth-order valence-corrected chi connectivity index (χ4v) is 1.07. The van der Waals surface area contributed by atoms with Gasteiger partial charge in [-0.25, -0.2) is 4.39 Å². The third-order valence-corrected chi connectivity index (χ3v) is 1.65. The van der Waals surface area contributed by atoms with Gasteiger partial charge in [0, 0.05) is 5.56 Å². The van der Waals surface area contributed by atoms with Gasteiger partial charge in [0.1, 0.15) is 19.4 Å². The molecule has 0 heterocycles. The van der Waals surface area contributed by atoms with Crippen molar-refractivity contribution in [2.24, 2.45) is 0 Å². The second-order valence-corrected chi connectivity index (χ2v) is 2.27. The van der Waals surface area contributed by atoms with Crippen molar-refractivity contribution in [2.75, 3.05) is 7.11 Å². The second-order valence-electron chi connectivity index (χ2n) is 2.27. The van der Waals surface area contributed by atoms with Crippen LogP contribution in [-0.2, 0) is 6.32 Å². The molecule has 1 rings (SSSR count). The highest BCUT2D eigenvalue weighted by atomic mass is 19.1. The third kappa shape index (κ3) is 1.53. The first-order chi connectivity index (χ1) is 5.29. The second kappa shape index (κ2) is 3.42. The Morgan fingerprint density at radius 2 is 2.27 bits per heavy atom. The summed E-state index contributed by atoms with van der Waals surface area (Å²) in [6, 6.07) is 4.86. The quantitative estimate of drug-likeness (QED) is 0.573. The zero-order chi connectivity index (χ0) is 8.27. The molecular weight excluding hydrogens is 142 g/mol. The van der Waals surface area contributed by atoms with Crippen LogP contribution in [0.3, 0.4) is 0 Å². The van der Waals surface area contributed by atoms with E-state index >= 15 is 0 Å². The Balaban J connectivity index is 3.13. The van der Waals surface area contributed by atoms with Gasteiger partial charge in [0.15, 0.2) is 0 Å². The Labute approximate surface area is 66.6 Å². The summed E-state index contributed by atoms with van der Waals surface area (Å²) >= 11 is 0. The molecule has 0 saturated heterocycles. The molecule has 0 radical (unpaired) electrons. The van der Waals surface area contributed by atoms with Crippen molar-refractivity contribution in [3.63, 3.8) is 0 Å². The van der Waals surface area contributed by atoms with Gasteiger partial charge >= 0.3 is 0 Å². The van der Waals surface area contributed by atoms with Gasteiger partial charge in [-0.2, -0.15) is 0 Å². The van der Waals surface area contributed by atoms with Crippen molar-refractivity contribution in [1.29, 1.82) is 0 Å². The fraction of sp³-hybridized carbons (Fsp3) is 0.250. The van der Waals surface area contributed by atoms with Gasteiger partial charge < -0.3 is 4.74 Å². The lowest BCUT2D eigenvalue weighted by Gasteiger charge is -2.05. The van der Waals surface area contributed by atoms with Crippen molar-refractivity contribution in [1.82, 2.24) is 0 Å². The fourth-order valence-electron chi connectivity index (χ4n) is 1.07. The molecule has 0 bridgehead atoms. The molecule has 0 unspecified atom stereocenters. The highest BCUT2D eigenvalue weighted by Crippen LogP contribution is 2.20. The topological polar surface area (TPSA) is 9.23 Å². The van der Waals surface area contributed by atoms with Gasteiger partial charge in [0.05, 0.1) is 7.11 Å². The molecule has 0 saturated carbocycles. The first-order valence-corrected chi connectivity index (χ1v) is 3.61. The van der Waals surface area contributed by atoms with E-state index in [1.807, 2.05) is 7.85 Å². The monoisotopic (exact) mass is 152 g/mol. The predicted molar refractivity (Wildman–Crippen MR) is 45.2 cm³/mol. The van der Waals surface area contributed by atoms with E-state index in [0.29, 0.717) is 17.6 Å². The van der Waals surface area contributed by atoms with Crippen LogP contribution in [0.2, 0.25) is 0 Å². The van der Waals surface area contributed by atoms with Crippen molar-refractivity contribution >= 4 is 7.85 Å². The molecule has 0 aliphatic rings. The highest BCUT2D eigenvalue weighted by Gasteiger charge is 2.04. The summed E-state index contributed by atoms with van der Waals surface area (Å²) in [4.78, 5) is 0. The number of methoxy groups -OCH3 is 1. The molecule has 3 heteroatoms. The van der Waals surface area contributed by atoms with E-state index in [1.54, 1.807) is 19.2 Å². The lowest BCUT2D eigenvalue weighted by molar-refractivity contribution is 0.406. The van der Waals surface area contributed by atoms with E-state index < -0.39 is 0 Å². The first kappa shape index (κ1) is 8.11. The largest absolute Gasteiger partial charge is 0.496 e. The number of halogens is 1. The molecule has 58 valence electrons. The van der Waals surface area contributed by atoms with Crippen molar-refractivity contribution in [3.8, 4) is 5.75 Å². The van der Waals surface area contributed by atoms with Crippen molar-refractivity contribution < 1.29 is 9.13 Å². The average molecular weight is 152 g/mol. The lowest BCUT2D eigenvalue weighted by atomic mass is 9.96. The minimum Gasteiger partial charge on any atom is -0.496 e. The summed E-state index contributed by atoms with van der Waals surface area (Å²) in [5.74, 6) is 0.444. The average Bonchev–Trinajstić information content (AvgIpc) is 2.04. The van der Waals surface area contributed by atoms with Crippen LogP contribution in [0.5, 0.6) is 5.75 Å². The zero-order valence-corrected chi connectivity index (χ0v) is 6.73. The molecule has 1 nitrogen and oxygen atoms in total. The number of hydrogen-bond donors (Lipinski definition) is 0. The van der Waals surface area contributed by atoms with E-state index in [1.165, 1.54) is 6.07 Å². The normalized spacial score (nSPS) is 9.64. The molecule has 0 aliphatic carbocycles. The van der Waals surface area contributed by atoms with Crippen LogP contribution in [0, 0.1) is 5.82 Å². The number of ether oxygens (including phenoxy) is 1. The van der Waals surface area contributed by atoms with Crippen LogP contribution < -0.4 is 4.74 Å². The van der Waals surface area contributed by atoms with Crippen LogP contribution in [0.1, 0.15) is 5.56 Å². The minimum atomic E-state index is -0.188. The Morgan fingerprint density at radius 1 is 1.55 bits per heavy atom. The van der Waals surface area contributed by atoms with Crippen LogP contribution in [0.15, 0.2) is 18.2 Å².